The summed E-state index contributed by atoms with van der Waals surface area (Å²) in [5, 5.41) is 7.86. The fourth-order valence-electron chi connectivity index (χ4n) is 4.29. The van der Waals surface area contributed by atoms with Crippen molar-refractivity contribution >= 4 is 55.6 Å². The van der Waals surface area contributed by atoms with Gasteiger partial charge in [-0.25, -0.2) is 10.2 Å². The number of carbonyl (C=O) groups is 2. The molecule has 5 rings (SSSR count). The monoisotopic (exact) mass is 612 g/mol. The van der Waals surface area contributed by atoms with Crippen LogP contribution in [0.5, 0.6) is 23.0 Å². The molecule has 0 radical (unpaired) electrons. The number of nitrogens with zero attached hydrogens (tertiary/aromatic N) is 1. The van der Waals surface area contributed by atoms with Gasteiger partial charge in [0.2, 0.25) is 0 Å². The van der Waals surface area contributed by atoms with Crippen LogP contribution < -0.4 is 24.4 Å². The van der Waals surface area contributed by atoms with E-state index in [9.17, 15) is 9.59 Å². The van der Waals surface area contributed by atoms with Crippen LogP contribution in [-0.4, -0.2) is 38.9 Å². The van der Waals surface area contributed by atoms with Crippen LogP contribution in [0.4, 0.5) is 0 Å². The Morgan fingerprint density at radius 2 is 1.41 bits per heavy atom. The molecule has 0 aliphatic carbocycles. The summed E-state index contributed by atoms with van der Waals surface area (Å²) in [7, 11) is 3.01. The van der Waals surface area contributed by atoms with Crippen LogP contribution in [0, 0.1) is 0 Å². The van der Waals surface area contributed by atoms with E-state index in [2.05, 4.69) is 26.5 Å². The maximum absolute atomic E-state index is 13.0. The van der Waals surface area contributed by atoms with Crippen molar-refractivity contribution < 1.29 is 28.5 Å². The highest BCUT2D eigenvalue weighted by molar-refractivity contribution is 9.10. The van der Waals surface area contributed by atoms with Crippen molar-refractivity contribution in [2.75, 3.05) is 20.8 Å². The Kier molecular flexibility index (Phi) is 8.45. The van der Waals surface area contributed by atoms with E-state index in [4.69, 9.17) is 18.9 Å². The molecule has 0 aromatic heterocycles. The Morgan fingerprint density at radius 1 is 0.780 bits per heavy atom. The summed E-state index contributed by atoms with van der Waals surface area (Å²) in [6.45, 7) is -0.245. The van der Waals surface area contributed by atoms with Gasteiger partial charge in [0.15, 0.2) is 18.1 Å². The Bertz CT molecular complexity index is 1790. The number of halogens is 1. The minimum absolute atomic E-state index is 0.245. The average molecular weight is 613 g/mol. The molecule has 0 atom stereocenters. The summed E-state index contributed by atoms with van der Waals surface area (Å²) >= 11 is 3.56. The number of methoxy groups -OCH3 is 2. The molecule has 0 heterocycles. The molecular formula is C32H25BrN2O6. The van der Waals surface area contributed by atoms with Crippen LogP contribution in [-0.2, 0) is 4.79 Å². The molecule has 0 saturated heterocycles. The largest absolute Gasteiger partial charge is 0.493 e. The number of rotatable bonds is 9. The fourth-order valence-corrected chi connectivity index (χ4v) is 4.90. The number of ether oxygens (including phenoxy) is 4. The van der Waals surface area contributed by atoms with E-state index < -0.39 is 11.9 Å². The van der Waals surface area contributed by atoms with Gasteiger partial charge in [-0.15, -0.1) is 0 Å². The van der Waals surface area contributed by atoms with E-state index in [1.54, 1.807) is 30.3 Å². The van der Waals surface area contributed by atoms with Gasteiger partial charge in [-0.3, -0.25) is 4.79 Å². The summed E-state index contributed by atoms with van der Waals surface area (Å²) in [6, 6.07) is 27.5. The molecule has 5 aromatic carbocycles. The predicted molar refractivity (Wildman–Crippen MR) is 161 cm³/mol. The highest BCUT2D eigenvalue weighted by Crippen LogP contribution is 2.33. The van der Waals surface area contributed by atoms with Gasteiger partial charge < -0.3 is 18.9 Å². The van der Waals surface area contributed by atoms with Crippen LogP contribution in [0.25, 0.3) is 21.5 Å². The molecule has 5 aromatic rings. The van der Waals surface area contributed by atoms with Crippen molar-refractivity contribution in [3.63, 3.8) is 0 Å². The molecule has 9 heteroatoms. The smallest absolute Gasteiger partial charge is 0.343 e. The maximum atomic E-state index is 13.0. The Hall–Kier alpha value is -4.89. The number of nitrogens with one attached hydrogen (secondary N) is 1. The molecule has 8 nitrogen and oxygen atoms in total. The Morgan fingerprint density at radius 3 is 2.15 bits per heavy atom. The first kappa shape index (κ1) is 27.7. The topological polar surface area (TPSA) is 95.5 Å². The number of benzene rings is 5. The minimum Gasteiger partial charge on any atom is -0.493 e. The standard InChI is InChI=1S/C32H25BrN2O6/c1-38-27-15-13-22(17-29(27)39-2)32(37)41-26-14-11-20-7-3-5-9-23(20)25(26)18-34-35-30(36)19-40-28-16-12-21-8-4-6-10-24(21)31(28)33/h3-18H,19H2,1-2H3,(H,35,36)/b34-18-. The van der Waals surface area contributed by atoms with Gasteiger partial charge in [0, 0.05) is 5.56 Å². The van der Waals surface area contributed by atoms with Crippen molar-refractivity contribution in [3.8, 4) is 23.0 Å². The second kappa shape index (κ2) is 12.5. The molecule has 0 saturated carbocycles. The lowest BCUT2D eigenvalue weighted by Crippen LogP contribution is -2.24. The van der Waals surface area contributed by atoms with Crippen molar-refractivity contribution in [3.05, 3.63) is 107 Å². The van der Waals surface area contributed by atoms with E-state index in [0.29, 0.717) is 22.8 Å². The zero-order valence-corrected chi connectivity index (χ0v) is 23.8. The number of esters is 1. The van der Waals surface area contributed by atoms with Crippen molar-refractivity contribution in [2.45, 2.75) is 0 Å². The van der Waals surface area contributed by atoms with Gasteiger partial charge in [0.25, 0.3) is 5.91 Å². The van der Waals surface area contributed by atoms with Crippen molar-refractivity contribution in [2.24, 2.45) is 5.10 Å². The lowest BCUT2D eigenvalue weighted by Gasteiger charge is -2.12. The van der Waals surface area contributed by atoms with E-state index >= 15 is 0 Å². The molecule has 41 heavy (non-hydrogen) atoms. The van der Waals surface area contributed by atoms with Crippen molar-refractivity contribution in [1.29, 1.82) is 0 Å². The molecule has 0 aliphatic rings. The molecule has 0 unspecified atom stereocenters. The summed E-state index contributed by atoms with van der Waals surface area (Å²) in [5.41, 5.74) is 3.29. The highest BCUT2D eigenvalue weighted by atomic mass is 79.9. The first-order chi connectivity index (χ1) is 20.0. The number of amides is 1. The maximum Gasteiger partial charge on any atom is 0.343 e. The number of hydrogen-bond donors (Lipinski definition) is 1. The van der Waals surface area contributed by atoms with Gasteiger partial charge in [-0.2, -0.15) is 5.10 Å². The second-order valence-corrected chi connectivity index (χ2v) is 9.63. The number of fused-ring (bicyclic) bond motifs is 2. The lowest BCUT2D eigenvalue weighted by molar-refractivity contribution is -0.123. The van der Waals surface area contributed by atoms with Crippen LogP contribution in [0.3, 0.4) is 0 Å². The summed E-state index contributed by atoms with van der Waals surface area (Å²) in [5.74, 6) is 0.678. The van der Waals surface area contributed by atoms with E-state index in [1.807, 2.05) is 60.7 Å². The Labute approximate surface area is 244 Å². The lowest BCUT2D eigenvalue weighted by atomic mass is 10.0. The summed E-state index contributed by atoms with van der Waals surface area (Å²) in [4.78, 5) is 25.6. The first-order valence-electron chi connectivity index (χ1n) is 12.6. The van der Waals surface area contributed by atoms with E-state index in [-0.39, 0.29) is 17.9 Å². The summed E-state index contributed by atoms with van der Waals surface area (Å²) in [6.07, 6.45) is 1.45. The third-order valence-corrected chi connectivity index (χ3v) is 7.14. The molecular weight excluding hydrogens is 588 g/mol. The number of hydrazone groups is 1. The van der Waals surface area contributed by atoms with Gasteiger partial charge in [-0.05, 0) is 67.8 Å². The normalized spacial score (nSPS) is 11.0. The fraction of sp³-hybridized carbons (Fsp3) is 0.0938. The second-order valence-electron chi connectivity index (χ2n) is 8.84. The van der Waals surface area contributed by atoms with Crippen LogP contribution in [0.2, 0.25) is 0 Å². The van der Waals surface area contributed by atoms with Gasteiger partial charge in [-0.1, -0.05) is 60.7 Å². The van der Waals surface area contributed by atoms with Gasteiger partial charge >= 0.3 is 5.97 Å². The highest BCUT2D eigenvalue weighted by Gasteiger charge is 2.16. The van der Waals surface area contributed by atoms with Crippen LogP contribution >= 0.6 is 15.9 Å². The van der Waals surface area contributed by atoms with Gasteiger partial charge in [0.1, 0.15) is 11.5 Å². The number of hydrogen-bond acceptors (Lipinski definition) is 7. The first-order valence-corrected chi connectivity index (χ1v) is 13.4. The van der Waals surface area contributed by atoms with Crippen LogP contribution in [0.15, 0.2) is 101 Å². The van der Waals surface area contributed by atoms with Gasteiger partial charge in [0.05, 0.1) is 30.5 Å². The van der Waals surface area contributed by atoms with E-state index in [1.165, 1.54) is 20.4 Å². The minimum atomic E-state index is -0.589. The van der Waals surface area contributed by atoms with Crippen molar-refractivity contribution in [1.82, 2.24) is 5.43 Å². The number of carbonyl (C=O) groups excluding carboxylic acids is 2. The quantitative estimate of drug-likeness (QED) is 0.0881. The molecule has 206 valence electrons. The summed E-state index contributed by atoms with van der Waals surface area (Å²) < 4.78 is 22.8. The van der Waals surface area contributed by atoms with E-state index in [0.717, 1.165) is 26.0 Å². The van der Waals surface area contributed by atoms with Crippen LogP contribution in [0.1, 0.15) is 15.9 Å². The third kappa shape index (κ3) is 6.15. The zero-order valence-electron chi connectivity index (χ0n) is 22.2. The average Bonchev–Trinajstić information content (AvgIpc) is 3.01. The molecule has 0 spiro atoms. The molecule has 0 bridgehead atoms. The zero-order chi connectivity index (χ0) is 28.8. The molecule has 1 N–H and O–H groups in total. The molecule has 1 amide bonds. The predicted octanol–water partition coefficient (Wildman–Crippen LogP) is 6.52. The SMILES string of the molecule is COc1ccc(C(=O)Oc2ccc3ccccc3c2/C=N\NC(=O)COc2ccc3ccccc3c2Br)cc1OC. The Balaban J connectivity index is 1.32. The molecule has 0 aliphatic heterocycles. The third-order valence-electron chi connectivity index (χ3n) is 6.32. The molecule has 0 fully saturated rings.